The van der Waals surface area contributed by atoms with Crippen molar-refractivity contribution in [2.45, 2.75) is 19.8 Å². The molecule has 0 saturated carbocycles. The Balaban J connectivity index is 1.40. The molecule has 2 amide bonds. The largest absolute Gasteiger partial charge is 0.452 e. The van der Waals surface area contributed by atoms with E-state index in [1.165, 1.54) is 5.56 Å². The highest BCUT2D eigenvalue weighted by Gasteiger charge is 2.28. The number of hydrogen-bond donors (Lipinski definition) is 1. The van der Waals surface area contributed by atoms with Crippen LogP contribution < -0.4 is 5.32 Å². The summed E-state index contributed by atoms with van der Waals surface area (Å²) in [5.41, 5.74) is 6.35. The Morgan fingerprint density at radius 3 is 2.56 bits per heavy atom. The second-order valence-electron chi connectivity index (χ2n) is 8.87. The number of nitrogens with zero attached hydrogens (tertiary/aromatic N) is 2. The van der Waals surface area contributed by atoms with Gasteiger partial charge in [0.15, 0.2) is 6.61 Å². The number of benzene rings is 2. The monoisotopic (exact) mass is 479 g/mol. The predicted molar refractivity (Wildman–Crippen MR) is 137 cm³/mol. The van der Waals surface area contributed by atoms with Crippen molar-refractivity contribution in [3.05, 3.63) is 101 Å². The minimum atomic E-state index is -0.690. The van der Waals surface area contributed by atoms with Crippen molar-refractivity contribution in [2.24, 2.45) is 7.05 Å². The standard InChI is InChI=1S/C29H25N3O4/c1-18-9-11-19(12-10-18)16-20-13-14-22-26(21-6-3-4-7-23(21)30-27(20)22)29(35)36-17-25(33)31-28(34)24-8-5-15-32(24)2/h3-12,15-16H,13-14,17H2,1-2H3,(H,31,33,34)/b20-16+. The van der Waals surface area contributed by atoms with Crippen molar-refractivity contribution >= 4 is 40.3 Å². The number of hydrogen-bond acceptors (Lipinski definition) is 5. The molecule has 2 aromatic heterocycles. The van der Waals surface area contributed by atoms with Gasteiger partial charge < -0.3 is 9.30 Å². The van der Waals surface area contributed by atoms with Gasteiger partial charge in [0.25, 0.3) is 11.8 Å². The third-order valence-corrected chi connectivity index (χ3v) is 6.33. The Labute approximate surface area is 208 Å². The van der Waals surface area contributed by atoms with Gasteiger partial charge in [0.1, 0.15) is 5.69 Å². The van der Waals surface area contributed by atoms with E-state index in [0.29, 0.717) is 28.6 Å². The highest BCUT2D eigenvalue weighted by molar-refractivity contribution is 6.08. The Morgan fingerprint density at radius 2 is 1.81 bits per heavy atom. The van der Waals surface area contributed by atoms with Crippen molar-refractivity contribution in [3.63, 3.8) is 0 Å². The second-order valence-corrected chi connectivity index (χ2v) is 8.87. The van der Waals surface area contributed by atoms with Gasteiger partial charge in [0.05, 0.1) is 16.8 Å². The van der Waals surface area contributed by atoms with Gasteiger partial charge in [-0.2, -0.15) is 0 Å². The van der Waals surface area contributed by atoms with Crippen LogP contribution in [0, 0.1) is 6.92 Å². The van der Waals surface area contributed by atoms with Gasteiger partial charge >= 0.3 is 5.97 Å². The fraction of sp³-hybridized carbons (Fsp3) is 0.172. The van der Waals surface area contributed by atoms with Crippen molar-refractivity contribution < 1.29 is 19.1 Å². The Kier molecular flexibility index (Phi) is 6.21. The van der Waals surface area contributed by atoms with E-state index in [1.54, 1.807) is 29.9 Å². The second kappa shape index (κ2) is 9.62. The fourth-order valence-electron chi connectivity index (χ4n) is 4.50. The smallest absolute Gasteiger partial charge is 0.339 e. The van der Waals surface area contributed by atoms with Crippen LogP contribution in [0.1, 0.15) is 49.7 Å². The first kappa shape index (κ1) is 23.2. The van der Waals surface area contributed by atoms with E-state index in [9.17, 15) is 14.4 Å². The van der Waals surface area contributed by atoms with Gasteiger partial charge in [-0.25, -0.2) is 9.78 Å². The molecule has 7 heteroatoms. The number of allylic oxidation sites excluding steroid dienone is 1. The third-order valence-electron chi connectivity index (χ3n) is 6.33. The lowest BCUT2D eigenvalue weighted by Gasteiger charge is -2.12. The zero-order valence-corrected chi connectivity index (χ0v) is 20.1. The van der Waals surface area contributed by atoms with Crippen LogP contribution in [0.3, 0.4) is 0 Å². The number of ether oxygens (including phenoxy) is 1. The molecule has 7 nitrogen and oxygen atoms in total. The highest BCUT2D eigenvalue weighted by atomic mass is 16.5. The molecule has 2 aromatic carbocycles. The summed E-state index contributed by atoms with van der Waals surface area (Å²) < 4.78 is 6.98. The molecule has 1 N–H and O–H groups in total. The summed E-state index contributed by atoms with van der Waals surface area (Å²) in [5, 5.41) is 2.94. The van der Waals surface area contributed by atoms with Crippen molar-refractivity contribution in [2.75, 3.05) is 6.61 Å². The molecule has 5 rings (SSSR count). The Bertz CT molecular complexity index is 1530. The summed E-state index contributed by atoms with van der Waals surface area (Å²) in [5.74, 6) is -1.85. The number of nitrogens with one attached hydrogen (secondary N) is 1. The van der Waals surface area contributed by atoms with Crippen LogP contribution >= 0.6 is 0 Å². The number of imide groups is 1. The number of fused-ring (bicyclic) bond motifs is 2. The lowest BCUT2D eigenvalue weighted by Crippen LogP contribution is -2.35. The molecule has 0 radical (unpaired) electrons. The van der Waals surface area contributed by atoms with Crippen LogP contribution in [0.4, 0.5) is 0 Å². The summed E-state index contributed by atoms with van der Waals surface area (Å²) in [4.78, 5) is 42.7. The molecule has 4 aromatic rings. The maximum atomic E-state index is 13.3. The van der Waals surface area contributed by atoms with Crippen molar-refractivity contribution in [1.82, 2.24) is 14.9 Å². The normalized spacial score (nSPS) is 13.6. The molecule has 0 spiro atoms. The molecular formula is C29H25N3O4. The number of amides is 2. The van der Waals surface area contributed by atoms with E-state index in [-0.39, 0.29) is 0 Å². The van der Waals surface area contributed by atoms with E-state index in [1.807, 2.05) is 31.2 Å². The molecular weight excluding hydrogens is 454 g/mol. The number of aromatic nitrogens is 2. The van der Waals surface area contributed by atoms with E-state index >= 15 is 0 Å². The van der Waals surface area contributed by atoms with Gasteiger partial charge in [0, 0.05) is 18.6 Å². The summed E-state index contributed by atoms with van der Waals surface area (Å²) >= 11 is 0. The maximum Gasteiger partial charge on any atom is 0.339 e. The minimum Gasteiger partial charge on any atom is -0.452 e. The predicted octanol–water partition coefficient (Wildman–Crippen LogP) is 4.48. The third kappa shape index (κ3) is 4.55. The van der Waals surface area contributed by atoms with Gasteiger partial charge in [-0.3, -0.25) is 14.9 Å². The first-order valence-electron chi connectivity index (χ1n) is 11.7. The molecule has 1 aliphatic carbocycles. The molecule has 0 bridgehead atoms. The van der Waals surface area contributed by atoms with Gasteiger partial charge in [0.2, 0.25) is 0 Å². The number of para-hydroxylation sites is 1. The zero-order valence-electron chi connectivity index (χ0n) is 20.1. The maximum absolute atomic E-state index is 13.3. The van der Waals surface area contributed by atoms with Crippen molar-refractivity contribution in [3.8, 4) is 0 Å². The highest BCUT2D eigenvalue weighted by Crippen LogP contribution is 2.37. The number of carbonyl (C=O) groups is 3. The molecule has 2 heterocycles. The lowest BCUT2D eigenvalue weighted by atomic mass is 10.0. The van der Waals surface area contributed by atoms with E-state index in [4.69, 9.17) is 9.72 Å². The van der Waals surface area contributed by atoms with Crippen LogP contribution in [0.15, 0.2) is 66.9 Å². The average molecular weight is 480 g/mol. The van der Waals surface area contributed by atoms with Crippen LogP contribution in [-0.4, -0.2) is 33.9 Å². The molecule has 1 aliphatic rings. The summed E-state index contributed by atoms with van der Waals surface area (Å²) in [6, 6.07) is 19.0. The molecule has 0 fully saturated rings. The van der Waals surface area contributed by atoms with Crippen LogP contribution in [-0.2, 0) is 23.0 Å². The first-order chi connectivity index (χ1) is 17.4. The Hall–Kier alpha value is -4.52. The number of rotatable bonds is 5. The molecule has 0 unspecified atom stereocenters. The van der Waals surface area contributed by atoms with E-state index in [0.717, 1.165) is 28.8 Å². The fourth-order valence-corrected chi connectivity index (χ4v) is 4.50. The van der Waals surface area contributed by atoms with Gasteiger partial charge in [-0.05, 0) is 60.7 Å². The first-order valence-corrected chi connectivity index (χ1v) is 11.7. The number of carbonyl (C=O) groups excluding carboxylic acids is 3. The number of aryl methyl sites for hydroxylation is 2. The summed E-state index contributed by atoms with van der Waals surface area (Å²) in [6.07, 6.45) is 5.20. The minimum absolute atomic E-state index is 0.334. The molecule has 180 valence electrons. The van der Waals surface area contributed by atoms with Crippen LogP contribution in [0.25, 0.3) is 22.6 Å². The van der Waals surface area contributed by atoms with Gasteiger partial charge in [-0.15, -0.1) is 0 Å². The van der Waals surface area contributed by atoms with Crippen LogP contribution in [0.5, 0.6) is 0 Å². The average Bonchev–Trinajstić information content (AvgIpc) is 3.48. The summed E-state index contributed by atoms with van der Waals surface area (Å²) in [7, 11) is 1.70. The summed E-state index contributed by atoms with van der Waals surface area (Å²) in [6.45, 7) is 1.48. The van der Waals surface area contributed by atoms with E-state index in [2.05, 4.69) is 35.7 Å². The molecule has 36 heavy (non-hydrogen) atoms. The molecule has 0 saturated heterocycles. The Morgan fingerprint density at radius 1 is 1.03 bits per heavy atom. The van der Waals surface area contributed by atoms with Crippen molar-refractivity contribution in [1.29, 1.82) is 0 Å². The molecule has 0 aliphatic heterocycles. The number of esters is 1. The quantitative estimate of drug-likeness (QED) is 0.426. The van der Waals surface area contributed by atoms with Crippen LogP contribution in [0.2, 0.25) is 0 Å². The zero-order chi connectivity index (χ0) is 25.2. The topological polar surface area (TPSA) is 90.3 Å². The lowest BCUT2D eigenvalue weighted by molar-refractivity contribution is -0.123. The SMILES string of the molecule is Cc1ccc(/C=C2\CCc3c2nc2ccccc2c3C(=O)OCC(=O)NC(=O)c2cccn2C)cc1. The molecule has 0 atom stereocenters. The van der Waals surface area contributed by atoms with Gasteiger partial charge in [-0.1, -0.05) is 48.0 Å². The number of pyridine rings is 1. The van der Waals surface area contributed by atoms with E-state index < -0.39 is 24.4 Å².